The van der Waals surface area contributed by atoms with Gasteiger partial charge in [-0.25, -0.2) is 0 Å². The molecule has 2 rings (SSSR count). The van der Waals surface area contributed by atoms with Crippen LogP contribution in [-0.2, 0) is 0 Å². The van der Waals surface area contributed by atoms with Crippen molar-refractivity contribution in [2.24, 2.45) is 5.16 Å². The van der Waals surface area contributed by atoms with Crippen molar-refractivity contribution in [2.75, 3.05) is 0 Å². The predicted molar refractivity (Wildman–Crippen MR) is 61.4 cm³/mol. The smallest absolute Gasteiger partial charge is 0.128 e. The number of phenolic OH excluding ortho intramolecular Hbond substituents is 2. The van der Waals surface area contributed by atoms with E-state index in [1.165, 1.54) is 24.4 Å². The van der Waals surface area contributed by atoms with Gasteiger partial charge in [0, 0.05) is 29.6 Å². The largest absolute Gasteiger partial charge is 0.508 e. The normalized spacial score (nSPS) is 11.4. The molecule has 1 aromatic carbocycles. The highest BCUT2D eigenvalue weighted by Gasteiger charge is 2.12. The van der Waals surface area contributed by atoms with E-state index in [4.69, 9.17) is 5.21 Å². The molecule has 17 heavy (non-hydrogen) atoms. The number of nitrogens with zero attached hydrogens (tertiary/aromatic N) is 2. The molecule has 0 unspecified atom stereocenters. The Balaban J connectivity index is 2.51. The first-order chi connectivity index (χ1) is 8.22. The van der Waals surface area contributed by atoms with Gasteiger partial charge in [0.15, 0.2) is 0 Å². The standard InChI is InChI=1S/C12H10N2O3/c15-9-3-4-10(11(16)6-9)12(14-17)8-2-1-5-13-7-8/h1-7,15-17H/b14-12-. The minimum atomic E-state index is -0.165. The van der Waals surface area contributed by atoms with E-state index in [1.807, 2.05) is 0 Å². The summed E-state index contributed by atoms with van der Waals surface area (Å²) in [6, 6.07) is 7.44. The van der Waals surface area contributed by atoms with E-state index in [0.717, 1.165) is 0 Å². The van der Waals surface area contributed by atoms with Gasteiger partial charge in [0.2, 0.25) is 0 Å². The Hall–Kier alpha value is -2.56. The van der Waals surface area contributed by atoms with E-state index in [-0.39, 0.29) is 17.2 Å². The van der Waals surface area contributed by atoms with Crippen molar-refractivity contribution in [3.8, 4) is 11.5 Å². The summed E-state index contributed by atoms with van der Waals surface area (Å²) in [5.74, 6) is -0.226. The van der Waals surface area contributed by atoms with Crippen molar-refractivity contribution < 1.29 is 15.4 Å². The molecular formula is C12H10N2O3. The number of aromatic hydroxyl groups is 2. The number of benzene rings is 1. The molecule has 0 fully saturated rings. The summed E-state index contributed by atoms with van der Waals surface area (Å²) < 4.78 is 0. The molecule has 0 aliphatic carbocycles. The number of aromatic nitrogens is 1. The Labute approximate surface area is 97.3 Å². The van der Waals surface area contributed by atoms with Crippen LogP contribution in [0.4, 0.5) is 0 Å². The van der Waals surface area contributed by atoms with Crippen molar-refractivity contribution in [1.82, 2.24) is 4.98 Å². The Bertz CT molecular complexity index is 553. The molecule has 5 nitrogen and oxygen atoms in total. The molecule has 0 spiro atoms. The second-order valence-electron chi connectivity index (χ2n) is 3.39. The van der Waals surface area contributed by atoms with Crippen LogP contribution in [0.25, 0.3) is 0 Å². The molecule has 0 radical (unpaired) electrons. The minimum Gasteiger partial charge on any atom is -0.508 e. The van der Waals surface area contributed by atoms with Gasteiger partial charge in [-0.1, -0.05) is 5.16 Å². The maximum Gasteiger partial charge on any atom is 0.128 e. The van der Waals surface area contributed by atoms with Gasteiger partial charge >= 0.3 is 0 Å². The second kappa shape index (κ2) is 4.52. The van der Waals surface area contributed by atoms with Crippen LogP contribution in [0.1, 0.15) is 11.1 Å². The number of phenols is 2. The SMILES string of the molecule is O/N=C(/c1cccnc1)c1ccc(O)cc1O. The summed E-state index contributed by atoms with van der Waals surface area (Å²) in [7, 11) is 0. The molecule has 5 heteroatoms. The monoisotopic (exact) mass is 230 g/mol. The molecule has 0 bridgehead atoms. The van der Waals surface area contributed by atoms with E-state index in [2.05, 4.69) is 10.1 Å². The Morgan fingerprint density at radius 2 is 2.00 bits per heavy atom. The van der Waals surface area contributed by atoms with Crippen LogP contribution < -0.4 is 0 Å². The van der Waals surface area contributed by atoms with Gasteiger partial charge < -0.3 is 15.4 Å². The zero-order chi connectivity index (χ0) is 12.3. The van der Waals surface area contributed by atoms with Crippen LogP contribution >= 0.6 is 0 Å². The molecule has 0 saturated carbocycles. The zero-order valence-electron chi connectivity index (χ0n) is 8.78. The van der Waals surface area contributed by atoms with Gasteiger partial charge in [-0.2, -0.15) is 0 Å². The molecule has 0 aliphatic rings. The number of oxime groups is 1. The third-order valence-corrected chi connectivity index (χ3v) is 2.27. The molecular weight excluding hydrogens is 220 g/mol. The molecule has 0 atom stereocenters. The van der Waals surface area contributed by atoms with Crippen LogP contribution in [0.2, 0.25) is 0 Å². The summed E-state index contributed by atoms with van der Waals surface area (Å²) in [6.07, 6.45) is 3.11. The highest BCUT2D eigenvalue weighted by molar-refractivity contribution is 6.14. The van der Waals surface area contributed by atoms with Gasteiger partial charge in [0.1, 0.15) is 17.2 Å². The quantitative estimate of drug-likeness (QED) is 0.416. The van der Waals surface area contributed by atoms with Crippen LogP contribution in [0, 0.1) is 0 Å². The summed E-state index contributed by atoms with van der Waals surface area (Å²) >= 11 is 0. The molecule has 3 N–H and O–H groups in total. The number of rotatable bonds is 2. The summed E-state index contributed by atoms with van der Waals surface area (Å²) in [4.78, 5) is 3.90. The van der Waals surface area contributed by atoms with E-state index in [1.54, 1.807) is 18.3 Å². The minimum absolute atomic E-state index is 0.0604. The van der Waals surface area contributed by atoms with Crippen LogP contribution in [0.5, 0.6) is 11.5 Å². The molecule has 0 aliphatic heterocycles. The molecule has 86 valence electrons. The summed E-state index contributed by atoms with van der Waals surface area (Å²) in [5.41, 5.74) is 1.07. The topological polar surface area (TPSA) is 85.9 Å². The van der Waals surface area contributed by atoms with Crippen LogP contribution in [0.3, 0.4) is 0 Å². The Morgan fingerprint density at radius 3 is 2.59 bits per heavy atom. The fraction of sp³-hybridized carbons (Fsp3) is 0. The third-order valence-electron chi connectivity index (χ3n) is 2.27. The highest BCUT2D eigenvalue weighted by Crippen LogP contribution is 2.25. The molecule has 2 aromatic rings. The number of pyridine rings is 1. The lowest BCUT2D eigenvalue weighted by Crippen LogP contribution is -2.03. The van der Waals surface area contributed by atoms with Crippen molar-refractivity contribution in [1.29, 1.82) is 0 Å². The average Bonchev–Trinajstić information content (AvgIpc) is 2.34. The molecule has 1 heterocycles. The lowest BCUT2D eigenvalue weighted by atomic mass is 10.0. The predicted octanol–water partition coefficient (Wildman–Crippen LogP) is 1.72. The van der Waals surface area contributed by atoms with Gasteiger partial charge in [-0.05, 0) is 24.3 Å². The van der Waals surface area contributed by atoms with E-state index < -0.39 is 0 Å². The van der Waals surface area contributed by atoms with E-state index in [0.29, 0.717) is 11.1 Å². The van der Waals surface area contributed by atoms with Crippen molar-refractivity contribution in [3.63, 3.8) is 0 Å². The van der Waals surface area contributed by atoms with Crippen molar-refractivity contribution >= 4 is 5.71 Å². The van der Waals surface area contributed by atoms with Gasteiger partial charge in [-0.15, -0.1) is 0 Å². The van der Waals surface area contributed by atoms with E-state index in [9.17, 15) is 10.2 Å². The van der Waals surface area contributed by atoms with Crippen molar-refractivity contribution in [3.05, 3.63) is 53.9 Å². The summed E-state index contributed by atoms with van der Waals surface area (Å²) in [5, 5.41) is 31.0. The first kappa shape index (κ1) is 10.9. The van der Waals surface area contributed by atoms with E-state index >= 15 is 0 Å². The lowest BCUT2D eigenvalue weighted by Gasteiger charge is -2.06. The first-order valence-corrected chi connectivity index (χ1v) is 4.87. The van der Waals surface area contributed by atoms with Gasteiger partial charge in [0.05, 0.1) is 0 Å². The fourth-order valence-corrected chi connectivity index (χ4v) is 1.49. The van der Waals surface area contributed by atoms with Gasteiger partial charge in [0.25, 0.3) is 0 Å². The van der Waals surface area contributed by atoms with Gasteiger partial charge in [-0.3, -0.25) is 4.98 Å². The Morgan fingerprint density at radius 1 is 1.18 bits per heavy atom. The third kappa shape index (κ3) is 2.17. The van der Waals surface area contributed by atoms with Crippen molar-refractivity contribution in [2.45, 2.75) is 0 Å². The maximum absolute atomic E-state index is 9.68. The molecule has 0 amide bonds. The van der Waals surface area contributed by atoms with Crippen LogP contribution in [-0.4, -0.2) is 26.1 Å². The second-order valence-corrected chi connectivity index (χ2v) is 3.39. The molecule has 0 saturated heterocycles. The fourth-order valence-electron chi connectivity index (χ4n) is 1.49. The number of hydrogen-bond donors (Lipinski definition) is 3. The first-order valence-electron chi connectivity index (χ1n) is 4.87. The number of hydrogen-bond acceptors (Lipinski definition) is 5. The lowest BCUT2D eigenvalue weighted by molar-refractivity contribution is 0.319. The average molecular weight is 230 g/mol. The van der Waals surface area contributed by atoms with Crippen LogP contribution in [0.15, 0.2) is 47.9 Å². The maximum atomic E-state index is 9.68. The highest BCUT2D eigenvalue weighted by atomic mass is 16.4. The molecule has 1 aromatic heterocycles. The Kier molecular flexibility index (Phi) is 2.91. The summed E-state index contributed by atoms with van der Waals surface area (Å²) in [6.45, 7) is 0. The zero-order valence-corrected chi connectivity index (χ0v) is 8.78.